The first-order chi connectivity index (χ1) is 8.93. The van der Waals surface area contributed by atoms with Gasteiger partial charge in [0.1, 0.15) is 5.25 Å². The van der Waals surface area contributed by atoms with Gasteiger partial charge in [-0.2, -0.15) is 0 Å². The Morgan fingerprint density at radius 3 is 2.53 bits per heavy atom. The van der Waals surface area contributed by atoms with Gasteiger partial charge in [-0.3, -0.25) is 4.79 Å². The van der Waals surface area contributed by atoms with Crippen LogP contribution in [0.4, 0.5) is 0 Å². The highest BCUT2D eigenvalue weighted by molar-refractivity contribution is 7.92. The van der Waals surface area contributed by atoms with Crippen LogP contribution in [0.15, 0.2) is 29.2 Å². The smallest absolute Gasteiger partial charge is 0.241 e. The number of halogens is 1. The van der Waals surface area contributed by atoms with Crippen LogP contribution in [0.5, 0.6) is 0 Å². The van der Waals surface area contributed by atoms with Gasteiger partial charge in [0, 0.05) is 18.1 Å². The average molecular weight is 302 g/mol. The summed E-state index contributed by atoms with van der Waals surface area (Å²) < 4.78 is 24.8. The summed E-state index contributed by atoms with van der Waals surface area (Å²) in [6.45, 7) is 2.74. The van der Waals surface area contributed by atoms with Crippen molar-refractivity contribution in [2.75, 3.05) is 13.1 Å². The van der Waals surface area contributed by atoms with E-state index in [1.165, 1.54) is 19.1 Å². The van der Waals surface area contributed by atoms with Crippen molar-refractivity contribution in [3.8, 4) is 0 Å². The van der Waals surface area contributed by atoms with E-state index in [4.69, 9.17) is 11.6 Å². The third-order valence-corrected chi connectivity index (χ3v) is 5.63. The molecular weight excluding hydrogens is 286 g/mol. The molecule has 1 aromatic rings. The molecule has 1 fully saturated rings. The second kappa shape index (κ2) is 5.51. The quantitative estimate of drug-likeness (QED) is 0.859. The van der Waals surface area contributed by atoms with E-state index in [0.29, 0.717) is 18.1 Å². The molecule has 1 heterocycles. The number of sulfone groups is 1. The van der Waals surface area contributed by atoms with Gasteiger partial charge in [0.15, 0.2) is 9.84 Å². The molecule has 1 saturated heterocycles. The summed E-state index contributed by atoms with van der Waals surface area (Å²) in [5.74, 6) is -0.322. The van der Waals surface area contributed by atoms with E-state index >= 15 is 0 Å². The van der Waals surface area contributed by atoms with E-state index in [2.05, 4.69) is 0 Å². The highest BCUT2D eigenvalue weighted by Gasteiger charge is 2.33. The van der Waals surface area contributed by atoms with Gasteiger partial charge in [-0.15, -0.1) is 0 Å². The number of amides is 1. The van der Waals surface area contributed by atoms with Crippen LogP contribution in [0, 0.1) is 0 Å². The molecule has 0 bridgehead atoms. The second-order valence-electron chi connectivity index (χ2n) is 4.68. The van der Waals surface area contributed by atoms with Gasteiger partial charge >= 0.3 is 0 Å². The number of likely N-dealkylation sites (tertiary alicyclic amines) is 1. The zero-order chi connectivity index (χ0) is 14.0. The van der Waals surface area contributed by atoms with Crippen LogP contribution in [-0.2, 0) is 14.6 Å². The fourth-order valence-corrected chi connectivity index (χ4v) is 3.81. The Kier molecular flexibility index (Phi) is 4.16. The van der Waals surface area contributed by atoms with Crippen molar-refractivity contribution in [3.63, 3.8) is 0 Å². The Balaban J connectivity index is 2.26. The molecule has 0 radical (unpaired) electrons. The van der Waals surface area contributed by atoms with Crippen LogP contribution in [0.25, 0.3) is 0 Å². The van der Waals surface area contributed by atoms with Crippen molar-refractivity contribution in [1.29, 1.82) is 0 Å². The molecule has 1 aromatic carbocycles. The number of benzene rings is 1. The number of hydrogen-bond donors (Lipinski definition) is 0. The second-order valence-corrected chi connectivity index (χ2v) is 7.38. The summed E-state index contributed by atoms with van der Waals surface area (Å²) >= 11 is 5.80. The molecule has 0 unspecified atom stereocenters. The topological polar surface area (TPSA) is 54.5 Å². The van der Waals surface area contributed by atoms with E-state index in [1.54, 1.807) is 17.0 Å². The number of rotatable bonds is 3. The molecule has 6 heteroatoms. The molecule has 2 rings (SSSR count). The molecule has 4 nitrogen and oxygen atoms in total. The third kappa shape index (κ3) is 2.92. The zero-order valence-corrected chi connectivity index (χ0v) is 12.2. The fraction of sp³-hybridized carbons (Fsp3) is 0.462. The maximum atomic E-state index is 12.4. The van der Waals surface area contributed by atoms with E-state index in [9.17, 15) is 13.2 Å². The van der Waals surface area contributed by atoms with Crippen molar-refractivity contribution in [1.82, 2.24) is 4.90 Å². The summed E-state index contributed by atoms with van der Waals surface area (Å²) in [5, 5.41) is -0.717. The molecule has 0 spiro atoms. The highest BCUT2D eigenvalue weighted by Crippen LogP contribution is 2.22. The predicted octanol–water partition coefficient (Wildman–Crippen LogP) is 2.12. The Hall–Kier alpha value is -1.07. The minimum atomic E-state index is -3.67. The first-order valence-corrected chi connectivity index (χ1v) is 8.13. The summed E-state index contributed by atoms with van der Waals surface area (Å²) in [6.07, 6.45) is 1.88. The maximum Gasteiger partial charge on any atom is 0.241 e. The number of carbonyl (C=O) groups excluding carboxylic acids is 1. The van der Waals surface area contributed by atoms with E-state index in [0.717, 1.165) is 12.8 Å². The standard InChI is InChI=1S/C13H16ClNO3S/c1-10(13(16)15-7-2-3-8-15)19(17,18)12-6-4-5-11(14)9-12/h4-6,9-10H,2-3,7-8H2,1H3/t10-/m0/s1. The monoisotopic (exact) mass is 301 g/mol. The molecule has 1 amide bonds. The summed E-state index contributed by atoms with van der Waals surface area (Å²) in [4.78, 5) is 13.9. The molecular formula is C13H16ClNO3S. The molecule has 1 aliphatic heterocycles. The fourth-order valence-electron chi connectivity index (χ4n) is 2.18. The van der Waals surface area contributed by atoms with E-state index in [-0.39, 0.29) is 10.8 Å². The lowest BCUT2D eigenvalue weighted by Gasteiger charge is -2.20. The van der Waals surface area contributed by atoms with Gasteiger partial charge < -0.3 is 4.90 Å². The van der Waals surface area contributed by atoms with E-state index < -0.39 is 15.1 Å². The lowest BCUT2D eigenvalue weighted by atomic mass is 10.4. The van der Waals surface area contributed by atoms with Crippen molar-refractivity contribution in [2.24, 2.45) is 0 Å². The summed E-state index contributed by atoms with van der Waals surface area (Å²) in [7, 11) is -3.67. The SMILES string of the molecule is C[C@@H](C(=O)N1CCCC1)S(=O)(=O)c1cccc(Cl)c1. The average Bonchev–Trinajstić information content (AvgIpc) is 2.90. The molecule has 0 saturated carbocycles. The minimum Gasteiger partial charge on any atom is -0.342 e. The minimum absolute atomic E-state index is 0.0973. The predicted molar refractivity (Wildman–Crippen MR) is 73.9 cm³/mol. The van der Waals surface area contributed by atoms with Crippen LogP contribution in [-0.4, -0.2) is 37.6 Å². The molecule has 104 valence electrons. The van der Waals surface area contributed by atoms with Gasteiger partial charge in [-0.1, -0.05) is 17.7 Å². The van der Waals surface area contributed by atoms with Crippen LogP contribution in [0.1, 0.15) is 19.8 Å². The van der Waals surface area contributed by atoms with Crippen molar-refractivity contribution in [2.45, 2.75) is 29.9 Å². The summed E-state index contributed by atoms with van der Waals surface area (Å²) in [6, 6.07) is 6.02. The van der Waals surface area contributed by atoms with Gasteiger partial charge in [0.05, 0.1) is 4.90 Å². The van der Waals surface area contributed by atoms with Crippen molar-refractivity contribution in [3.05, 3.63) is 29.3 Å². The molecule has 0 N–H and O–H groups in total. The summed E-state index contributed by atoms with van der Waals surface area (Å²) in [5.41, 5.74) is 0. The number of hydrogen-bond acceptors (Lipinski definition) is 3. The zero-order valence-electron chi connectivity index (χ0n) is 10.7. The lowest BCUT2D eigenvalue weighted by Crippen LogP contribution is -2.39. The highest BCUT2D eigenvalue weighted by atomic mass is 35.5. The van der Waals surface area contributed by atoms with Crippen LogP contribution in [0.2, 0.25) is 5.02 Å². The Morgan fingerprint density at radius 1 is 1.32 bits per heavy atom. The number of nitrogens with zero attached hydrogens (tertiary/aromatic N) is 1. The number of carbonyl (C=O) groups is 1. The van der Waals surface area contributed by atoms with Crippen LogP contribution >= 0.6 is 11.6 Å². The van der Waals surface area contributed by atoms with Gasteiger partial charge in [0.25, 0.3) is 0 Å². The lowest BCUT2D eigenvalue weighted by molar-refractivity contribution is -0.129. The first kappa shape index (κ1) is 14.3. The molecule has 19 heavy (non-hydrogen) atoms. The van der Waals surface area contributed by atoms with Crippen molar-refractivity contribution >= 4 is 27.3 Å². The normalized spacial score (nSPS) is 17.5. The molecule has 0 aromatic heterocycles. The van der Waals surface area contributed by atoms with Gasteiger partial charge in [0.2, 0.25) is 5.91 Å². The Bertz CT molecular complexity index is 579. The van der Waals surface area contributed by atoms with E-state index in [1.807, 2.05) is 0 Å². The largest absolute Gasteiger partial charge is 0.342 e. The molecule has 0 aliphatic carbocycles. The maximum absolute atomic E-state index is 12.4. The van der Waals surface area contributed by atoms with Gasteiger partial charge in [-0.25, -0.2) is 8.42 Å². The Labute approximate surface area is 118 Å². The molecule has 1 atom stereocenters. The van der Waals surface area contributed by atoms with Gasteiger partial charge in [-0.05, 0) is 38.0 Å². The molecule has 1 aliphatic rings. The first-order valence-electron chi connectivity index (χ1n) is 6.21. The van der Waals surface area contributed by atoms with Crippen LogP contribution < -0.4 is 0 Å². The Morgan fingerprint density at radius 2 is 1.95 bits per heavy atom. The van der Waals surface area contributed by atoms with Crippen molar-refractivity contribution < 1.29 is 13.2 Å². The third-order valence-electron chi connectivity index (χ3n) is 3.36. The van der Waals surface area contributed by atoms with Crippen LogP contribution in [0.3, 0.4) is 0 Å².